The molecule has 1 aliphatic heterocycles. The third-order valence-electron chi connectivity index (χ3n) is 5.35. The molecule has 32 heavy (non-hydrogen) atoms. The first kappa shape index (κ1) is 21.1. The van der Waals surface area contributed by atoms with Gasteiger partial charge in [-0.15, -0.1) is 0 Å². The van der Waals surface area contributed by atoms with Gasteiger partial charge < -0.3 is 16.1 Å². The molecule has 4 rings (SSSR count). The molecule has 162 valence electrons. The monoisotopic (exact) mass is 426 g/mol. The Morgan fingerprint density at radius 2 is 1.84 bits per heavy atom. The Morgan fingerprint density at radius 3 is 2.53 bits per heavy atom. The van der Waals surface area contributed by atoms with Gasteiger partial charge in [0.15, 0.2) is 0 Å². The van der Waals surface area contributed by atoms with E-state index < -0.39 is 0 Å². The number of nitrogen functional groups attached to an aromatic ring is 1. The molecule has 0 saturated heterocycles. The standard InChI is InChI=1S/C24H26N8/c1-16(18-5-9-21(30-25)10-6-18)28-14-17-3-2-4-20(13-17)24-29-23(15-32(24)27)19-7-11-22(31-26)12-8-19/h2-13,15,24,26,28-30H,1,14,25,27H2. The molecule has 8 nitrogen and oxygen atoms in total. The van der Waals surface area contributed by atoms with Crippen molar-refractivity contribution < 1.29 is 0 Å². The van der Waals surface area contributed by atoms with E-state index >= 15 is 0 Å². The Hall–Kier alpha value is -4.14. The van der Waals surface area contributed by atoms with Crippen molar-refractivity contribution >= 4 is 22.8 Å². The van der Waals surface area contributed by atoms with Crippen LogP contribution in [0.2, 0.25) is 0 Å². The maximum atomic E-state index is 7.10. The maximum Gasteiger partial charge on any atom is 0.139 e. The van der Waals surface area contributed by atoms with Crippen LogP contribution in [-0.2, 0) is 6.54 Å². The first-order valence-corrected chi connectivity index (χ1v) is 10.2. The molecule has 0 bridgehead atoms. The molecule has 3 aromatic rings. The van der Waals surface area contributed by atoms with Crippen molar-refractivity contribution in [1.82, 2.24) is 15.6 Å². The highest BCUT2D eigenvalue weighted by Crippen LogP contribution is 2.29. The van der Waals surface area contributed by atoms with Crippen molar-refractivity contribution in [3.05, 3.63) is 108 Å². The van der Waals surface area contributed by atoms with Crippen LogP contribution in [0.5, 0.6) is 0 Å². The molecule has 0 saturated carbocycles. The van der Waals surface area contributed by atoms with Gasteiger partial charge in [-0.3, -0.25) is 10.9 Å². The highest BCUT2D eigenvalue weighted by molar-refractivity contribution is 5.67. The van der Waals surface area contributed by atoms with Gasteiger partial charge in [-0.05, 0) is 46.5 Å². The van der Waals surface area contributed by atoms with E-state index in [1.54, 1.807) is 17.1 Å². The fraction of sp³-hybridized carbons (Fsp3) is 0.0833. The molecule has 0 spiro atoms. The summed E-state index contributed by atoms with van der Waals surface area (Å²) < 4.78 is 0. The van der Waals surface area contributed by atoms with Gasteiger partial charge in [-0.1, -0.05) is 55.1 Å². The normalized spacial score (nSPS) is 15.0. The van der Waals surface area contributed by atoms with Gasteiger partial charge in [0.2, 0.25) is 0 Å². The molecule has 0 fully saturated rings. The average molecular weight is 427 g/mol. The van der Waals surface area contributed by atoms with E-state index in [2.05, 4.69) is 39.9 Å². The number of rotatable bonds is 8. The van der Waals surface area contributed by atoms with Gasteiger partial charge in [0.25, 0.3) is 0 Å². The number of anilines is 1. The third-order valence-corrected chi connectivity index (χ3v) is 5.35. The largest absolute Gasteiger partial charge is 0.381 e. The molecule has 1 heterocycles. The SMILES string of the molecule is C=C(NCc1cccc(C2NC(c3ccc(N=N)cc3)=CN2N)c1)c1ccc(NN)cc1. The molecule has 3 aromatic carbocycles. The number of nitrogens with zero attached hydrogens (tertiary/aromatic N) is 2. The van der Waals surface area contributed by atoms with Crippen LogP contribution in [0, 0.1) is 5.53 Å². The Morgan fingerprint density at radius 1 is 1.09 bits per heavy atom. The van der Waals surface area contributed by atoms with Crippen LogP contribution < -0.4 is 27.7 Å². The van der Waals surface area contributed by atoms with E-state index in [0.717, 1.165) is 39.3 Å². The second-order valence-electron chi connectivity index (χ2n) is 7.49. The summed E-state index contributed by atoms with van der Waals surface area (Å²) in [5.74, 6) is 11.7. The van der Waals surface area contributed by atoms with Crippen molar-refractivity contribution in [3.8, 4) is 0 Å². The predicted octanol–water partition coefficient (Wildman–Crippen LogP) is 4.17. The summed E-state index contributed by atoms with van der Waals surface area (Å²) in [4.78, 5) is 0. The fourth-order valence-corrected chi connectivity index (χ4v) is 3.56. The zero-order valence-electron chi connectivity index (χ0n) is 17.5. The minimum Gasteiger partial charge on any atom is -0.381 e. The summed E-state index contributed by atoms with van der Waals surface area (Å²) in [6.07, 6.45) is 1.70. The van der Waals surface area contributed by atoms with Gasteiger partial charge in [0.1, 0.15) is 6.17 Å². The topological polar surface area (TPSA) is 128 Å². The lowest BCUT2D eigenvalue weighted by Crippen LogP contribution is -2.32. The van der Waals surface area contributed by atoms with Gasteiger partial charge in [0.05, 0.1) is 11.4 Å². The molecule has 1 atom stereocenters. The van der Waals surface area contributed by atoms with Crippen LogP contribution in [0.15, 0.2) is 90.7 Å². The average Bonchev–Trinajstić information content (AvgIpc) is 3.24. The van der Waals surface area contributed by atoms with Crippen molar-refractivity contribution in [3.63, 3.8) is 0 Å². The molecule has 0 radical (unpaired) electrons. The quantitative estimate of drug-likeness (QED) is 0.182. The summed E-state index contributed by atoms with van der Waals surface area (Å²) in [6.45, 7) is 4.77. The molecular formula is C24H26N8. The Balaban J connectivity index is 1.41. The third kappa shape index (κ3) is 4.61. The zero-order chi connectivity index (χ0) is 22.5. The molecule has 0 aliphatic carbocycles. The van der Waals surface area contributed by atoms with E-state index in [-0.39, 0.29) is 6.17 Å². The number of hydrazine groups is 2. The molecule has 1 aliphatic rings. The van der Waals surface area contributed by atoms with E-state index in [9.17, 15) is 0 Å². The maximum absolute atomic E-state index is 7.10. The van der Waals surface area contributed by atoms with E-state index in [1.165, 1.54) is 0 Å². The minimum absolute atomic E-state index is 0.176. The van der Waals surface area contributed by atoms with Crippen LogP contribution in [0.25, 0.3) is 11.4 Å². The van der Waals surface area contributed by atoms with E-state index in [1.807, 2.05) is 54.7 Å². The number of nitrogens with two attached hydrogens (primary N) is 2. The number of benzene rings is 3. The smallest absolute Gasteiger partial charge is 0.139 e. The summed E-state index contributed by atoms with van der Waals surface area (Å²) in [6, 6.07) is 23.5. The second kappa shape index (κ2) is 9.34. The lowest BCUT2D eigenvalue weighted by molar-refractivity contribution is 0.294. The fourth-order valence-electron chi connectivity index (χ4n) is 3.56. The highest BCUT2D eigenvalue weighted by atomic mass is 15.5. The lowest BCUT2D eigenvalue weighted by atomic mass is 10.1. The van der Waals surface area contributed by atoms with Crippen LogP contribution in [0.1, 0.15) is 28.4 Å². The lowest BCUT2D eigenvalue weighted by Gasteiger charge is -2.22. The zero-order valence-corrected chi connectivity index (χ0v) is 17.5. The first-order chi connectivity index (χ1) is 15.6. The molecule has 0 aromatic heterocycles. The number of hydrogen-bond donors (Lipinski definition) is 6. The van der Waals surface area contributed by atoms with Crippen LogP contribution in [0.4, 0.5) is 11.4 Å². The van der Waals surface area contributed by atoms with Crippen LogP contribution in [-0.4, -0.2) is 5.01 Å². The molecule has 8 heteroatoms. The second-order valence-corrected chi connectivity index (χ2v) is 7.49. The predicted molar refractivity (Wildman–Crippen MR) is 128 cm³/mol. The number of hydrogen-bond acceptors (Lipinski definition) is 8. The summed E-state index contributed by atoms with van der Waals surface area (Å²) in [5.41, 5.74) is 17.1. The molecule has 1 unspecified atom stereocenters. The highest BCUT2D eigenvalue weighted by Gasteiger charge is 2.24. The van der Waals surface area contributed by atoms with Crippen LogP contribution >= 0.6 is 0 Å². The molecule has 8 N–H and O–H groups in total. The van der Waals surface area contributed by atoms with Gasteiger partial charge in [0, 0.05) is 24.1 Å². The van der Waals surface area contributed by atoms with E-state index in [0.29, 0.717) is 12.2 Å². The van der Waals surface area contributed by atoms with Crippen LogP contribution in [0.3, 0.4) is 0 Å². The van der Waals surface area contributed by atoms with Crippen molar-refractivity contribution in [2.45, 2.75) is 12.7 Å². The first-order valence-electron chi connectivity index (χ1n) is 10.2. The Labute approximate surface area is 187 Å². The van der Waals surface area contributed by atoms with Gasteiger partial charge in [-0.2, -0.15) is 5.11 Å². The molecule has 0 amide bonds. The van der Waals surface area contributed by atoms with Crippen molar-refractivity contribution in [2.24, 2.45) is 16.8 Å². The van der Waals surface area contributed by atoms with Gasteiger partial charge >= 0.3 is 0 Å². The minimum atomic E-state index is -0.176. The molecular weight excluding hydrogens is 400 g/mol. The van der Waals surface area contributed by atoms with Gasteiger partial charge in [-0.25, -0.2) is 11.4 Å². The van der Waals surface area contributed by atoms with Crippen molar-refractivity contribution in [1.29, 1.82) is 5.53 Å². The Bertz CT molecular complexity index is 1140. The summed E-state index contributed by atoms with van der Waals surface area (Å²) in [5, 5.41) is 11.9. The van der Waals surface area contributed by atoms with E-state index in [4.69, 9.17) is 17.2 Å². The number of nitrogens with one attached hydrogen (secondary N) is 4. The summed E-state index contributed by atoms with van der Waals surface area (Å²) in [7, 11) is 0. The van der Waals surface area contributed by atoms with Crippen molar-refractivity contribution in [2.75, 3.05) is 5.43 Å². The Kier molecular flexibility index (Phi) is 6.16. The summed E-state index contributed by atoms with van der Waals surface area (Å²) >= 11 is 0.